The highest BCUT2D eigenvalue weighted by Gasteiger charge is 2.18. The predicted molar refractivity (Wildman–Crippen MR) is 59.5 cm³/mol. The standard InChI is InChI=1S/C10H13N3O4/c14-5-3-8(9(15)16)13-10(17)12-7-2-1-4-11-6-7/h1-2,4,6,8,14H,3,5H2,(H,15,16)(H2,12,13,17)/t8-/m1/s1. The molecule has 0 spiro atoms. The van der Waals surface area contributed by atoms with E-state index in [1.54, 1.807) is 18.3 Å². The van der Waals surface area contributed by atoms with E-state index in [1.165, 1.54) is 6.20 Å². The molecule has 0 unspecified atom stereocenters. The van der Waals surface area contributed by atoms with Gasteiger partial charge in [0.05, 0.1) is 11.9 Å². The molecule has 0 aliphatic carbocycles. The van der Waals surface area contributed by atoms with Gasteiger partial charge in [0.2, 0.25) is 0 Å². The minimum atomic E-state index is -1.19. The van der Waals surface area contributed by atoms with Crippen LogP contribution in [-0.2, 0) is 4.79 Å². The van der Waals surface area contributed by atoms with Gasteiger partial charge in [0, 0.05) is 19.2 Å². The van der Waals surface area contributed by atoms with Crippen LogP contribution in [0.3, 0.4) is 0 Å². The molecule has 0 bridgehead atoms. The fraction of sp³-hybridized carbons (Fsp3) is 0.300. The lowest BCUT2D eigenvalue weighted by molar-refractivity contribution is -0.139. The van der Waals surface area contributed by atoms with Crippen LogP contribution in [0.25, 0.3) is 0 Å². The van der Waals surface area contributed by atoms with Crippen LogP contribution >= 0.6 is 0 Å². The summed E-state index contributed by atoms with van der Waals surface area (Å²) in [6.07, 6.45) is 2.94. The number of aliphatic carboxylic acids is 1. The minimum Gasteiger partial charge on any atom is -0.480 e. The highest BCUT2D eigenvalue weighted by molar-refractivity contribution is 5.92. The molecule has 4 N–H and O–H groups in total. The number of aromatic nitrogens is 1. The molecule has 1 aromatic heterocycles. The lowest BCUT2D eigenvalue weighted by Gasteiger charge is -2.13. The van der Waals surface area contributed by atoms with Gasteiger partial charge in [0.1, 0.15) is 6.04 Å². The number of carbonyl (C=O) groups excluding carboxylic acids is 1. The van der Waals surface area contributed by atoms with Crippen molar-refractivity contribution < 1.29 is 19.8 Å². The number of amides is 2. The number of anilines is 1. The Labute approximate surface area is 97.5 Å². The molecule has 7 heteroatoms. The van der Waals surface area contributed by atoms with E-state index in [0.717, 1.165) is 0 Å². The maximum atomic E-state index is 11.4. The van der Waals surface area contributed by atoms with Crippen LogP contribution in [-0.4, -0.2) is 39.8 Å². The normalized spacial score (nSPS) is 11.6. The van der Waals surface area contributed by atoms with Gasteiger partial charge in [-0.05, 0) is 12.1 Å². The van der Waals surface area contributed by atoms with E-state index >= 15 is 0 Å². The van der Waals surface area contributed by atoms with Gasteiger partial charge in [-0.3, -0.25) is 4.98 Å². The summed E-state index contributed by atoms with van der Waals surface area (Å²) < 4.78 is 0. The lowest BCUT2D eigenvalue weighted by atomic mass is 10.2. The summed E-state index contributed by atoms with van der Waals surface area (Å²) in [6.45, 7) is -0.315. The molecule has 1 rings (SSSR count). The van der Waals surface area contributed by atoms with Crippen LogP contribution in [0.4, 0.5) is 10.5 Å². The summed E-state index contributed by atoms with van der Waals surface area (Å²) in [7, 11) is 0. The Morgan fingerprint density at radius 3 is 2.76 bits per heavy atom. The summed E-state index contributed by atoms with van der Waals surface area (Å²) in [4.78, 5) is 25.9. The van der Waals surface area contributed by atoms with Crippen LogP contribution in [0.1, 0.15) is 6.42 Å². The largest absolute Gasteiger partial charge is 0.480 e. The number of aliphatic hydroxyl groups is 1. The summed E-state index contributed by atoms with van der Waals surface area (Å²) in [5.74, 6) is -1.19. The van der Waals surface area contributed by atoms with E-state index < -0.39 is 18.0 Å². The first-order chi connectivity index (χ1) is 8.13. The zero-order chi connectivity index (χ0) is 12.7. The number of nitrogens with zero attached hydrogens (tertiary/aromatic N) is 1. The number of hydrogen-bond donors (Lipinski definition) is 4. The monoisotopic (exact) mass is 239 g/mol. The zero-order valence-corrected chi connectivity index (χ0v) is 8.96. The lowest BCUT2D eigenvalue weighted by Crippen LogP contribution is -2.43. The predicted octanol–water partition coefficient (Wildman–Crippen LogP) is 0.0387. The topological polar surface area (TPSA) is 112 Å². The number of rotatable bonds is 5. The first-order valence-electron chi connectivity index (χ1n) is 4.94. The van der Waals surface area contributed by atoms with Crippen molar-refractivity contribution in [2.45, 2.75) is 12.5 Å². The average Bonchev–Trinajstić information content (AvgIpc) is 2.29. The fourth-order valence-electron chi connectivity index (χ4n) is 1.15. The second-order valence-corrected chi connectivity index (χ2v) is 3.24. The van der Waals surface area contributed by atoms with E-state index in [-0.39, 0.29) is 13.0 Å². The van der Waals surface area contributed by atoms with Crippen molar-refractivity contribution in [2.24, 2.45) is 0 Å². The number of aliphatic hydroxyl groups excluding tert-OH is 1. The van der Waals surface area contributed by atoms with Gasteiger partial charge >= 0.3 is 12.0 Å². The van der Waals surface area contributed by atoms with E-state index in [0.29, 0.717) is 5.69 Å². The number of carbonyl (C=O) groups is 2. The van der Waals surface area contributed by atoms with Crippen LogP contribution in [0, 0.1) is 0 Å². The van der Waals surface area contributed by atoms with Crippen LogP contribution < -0.4 is 10.6 Å². The Balaban J connectivity index is 2.51. The highest BCUT2D eigenvalue weighted by Crippen LogP contribution is 2.02. The molecule has 1 aromatic rings. The number of carboxylic acid groups (broad SMARTS) is 1. The summed E-state index contributed by atoms with van der Waals surface area (Å²) in [5.41, 5.74) is 0.457. The number of pyridine rings is 1. The number of carboxylic acids is 1. The average molecular weight is 239 g/mol. The number of urea groups is 1. The van der Waals surface area contributed by atoms with Crippen molar-refractivity contribution in [1.29, 1.82) is 0 Å². The molecule has 0 aromatic carbocycles. The van der Waals surface area contributed by atoms with Gasteiger partial charge in [0.15, 0.2) is 0 Å². The van der Waals surface area contributed by atoms with Crippen molar-refractivity contribution in [3.8, 4) is 0 Å². The Morgan fingerprint density at radius 2 is 2.24 bits per heavy atom. The first kappa shape index (κ1) is 12.9. The Morgan fingerprint density at radius 1 is 1.47 bits per heavy atom. The molecule has 17 heavy (non-hydrogen) atoms. The molecule has 0 radical (unpaired) electrons. The summed E-state index contributed by atoms with van der Waals surface area (Å²) >= 11 is 0. The quantitative estimate of drug-likeness (QED) is 0.579. The fourth-order valence-corrected chi connectivity index (χ4v) is 1.15. The van der Waals surface area contributed by atoms with Crippen molar-refractivity contribution in [2.75, 3.05) is 11.9 Å². The Hall–Kier alpha value is -2.15. The Bertz CT molecular complexity index is 382. The molecular formula is C10H13N3O4. The van der Waals surface area contributed by atoms with Gasteiger partial charge in [-0.25, -0.2) is 9.59 Å². The van der Waals surface area contributed by atoms with Crippen LogP contribution in [0.5, 0.6) is 0 Å². The van der Waals surface area contributed by atoms with E-state index in [4.69, 9.17) is 10.2 Å². The minimum absolute atomic E-state index is 0.0458. The molecule has 1 heterocycles. The molecule has 0 saturated carbocycles. The molecule has 1 atom stereocenters. The Kier molecular flexibility index (Phi) is 4.89. The van der Waals surface area contributed by atoms with Gasteiger partial charge < -0.3 is 20.8 Å². The smallest absolute Gasteiger partial charge is 0.326 e. The second-order valence-electron chi connectivity index (χ2n) is 3.24. The van der Waals surface area contributed by atoms with E-state index in [1.807, 2.05) is 0 Å². The van der Waals surface area contributed by atoms with Gasteiger partial charge in [-0.2, -0.15) is 0 Å². The second kappa shape index (κ2) is 6.44. The third kappa shape index (κ3) is 4.47. The molecule has 0 saturated heterocycles. The highest BCUT2D eigenvalue weighted by atomic mass is 16.4. The van der Waals surface area contributed by atoms with Crippen molar-refractivity contribution in [3.63, 3.8) is 0 Å². The summed E-state index contributed by atoms with van der Waals surface area (Å²) in [6, 6.07) is 1.49. The van der Waals surface area contributed by atoms with E-state index in [2.05, 4.69) is 15.6 Å². The molecule has 2 amide bonds. The van der Waals surface area contributed by atoms with E-state index in [9.17, 15) is 9.59 Å². The van der Waals surface area contributed by atoms with Crippen molar-refractivity contribution in [3.05, 3.63) is 24.5 Å². The van der Waals surface area contributed by atoms with Crippen LogP contribution in [0.2, 0.25) is 0 Å². The van der Waals surface area contributed by atoms with Crippen LogP contribution in [0.15, 0.2) is 24.5 Å². The molecule has 0 fully saturated rings. The van der Waals surface area contributed by atoms with Crippen molar-refractivity contribution in [1.82, 2.24) is 10.3 Å². The maximum absolute atomic E-state index is 11.4. The maximum Gasteiger partial charge on any atom is 0.326 e. The molecular weight excluding hydrogens is 226 g/mol. The molecule has 7 nitrogen and oxygen atoms in total. The first-order valence-corrected chi connectivity index (χ1v) is 4.94. The van der Waals surface area contributed by atoms with Crippen molar-refractivity contribution >= 4 is 17.7 Å². The van der Waals surface area contributed by atoms with Gasteiger partial charge in [-0.15, -0.1) is 0 Å². The SMILES string of the molecule is O=C(Nc1cccnc1)N[C@H](CCO)C(=O)O. The summed E-state index contributed by atoms with van der Waals surface area (Å²) in [5, 5.41) is 22.1. The number of nitrogens with one attached hydrogen (secondary N) is 2. The van der Waals surface area contributed by atoms with Gasteiger partial charge in [0.25, 0.3) is 0 Å². The third-order valence-electron chi connectivity index (χ3n) is 1.94. The zero-order valence-electron chi connectivity index (χ0n) is 8.96. The molecule has 0 aliphatic rings. The molecule has 92 valence electrons. The third-order valence-corrected chi connectivity index (χ3v) is 1.94. The number of hydrogen-bond acceptors (Lipinski definition) is 4. The molecule has 0 aliphatic heterocycles. The van der Waals surface area contributed by atoms with Gasteiger partial charge in [-0.1, -0.05) is 0 Å².